The number of carbonyl (C=O) groups excluding carboxylic acids is 1. The van der Waals surface area contributed by atoms with Crippen LogP contribution in [0.25, 0.3) is 0 Å². The minimum Gasteiger partial charge on any atom is -0.351 e. The molecule has 0 spiro atoms. The van der Waals surface area contributed by atoms with Crippen LogP contribution in [0.2, 0.25) is 5.02 Å². The van der Waals surface area contributed by atoms with Crippen molar-refractivity contribution in [3.05, 3.63) is 32.4 Å². The van der Waals surface area contributed by atoms with Gasteiger partial charge >= 0.3 is 0 Å². The van der Waals surface area contributed by atoms with E-state index in [9.17, 15) is 4.79 Å². The first-order valence-corrected chi connectivity index (χ1v) is 7.19. The summed E-state index contributed by atoms with van der Waals surface area (Å²) in [6, 6.07) is 5.40. The third-order valence-electron chi connectivity index (χ3n) is 3.42. The van der Waals surface area contributed by atoms with Crippen molar-refractivity contribution < 1.29 is 4.79 Å². The molecule has 0 bridgehead atoms. The van der Waals surface area contributed by atoms with E-state index in [-0.39, 0.29) is 5.91 Å². The van der Waals surface area contributed by atoms with Crippen molar-refractivity contribution in [2.24, 2.45) is 5.41 Å². The lowest BCUT2D eigenvalue weighted by atomic mass is 9.70. The molecular formula is C13H15ClINO. The molecule has 1 aliphatic rings. The van der Waals surface area contributed by atoms with Crippen molar-refractivity contribution in [3.8, 4) is 0 Å². The molecule has 1 aromatic carbocycles. The molecule has 92 valence electrons. The molecule has 1 N–H and O–H groups in total. The molecule has 0 radical (unpaired) electrons. The molecule has 1 aromatic rings. The summed E-state index contributed by atoms with van der Waals surface area (Å²) in [5.74, 6) is -0.0311. The van der Waals surface area contributed by atoms with Crippen molar-refractivity contribution in [2.75, 3.05) is 6.54 Å². The summed E-state index contributed by atoms with van der Waals surface area (Å²) < 4.78 is 0.965. The SMILES string of the molecule is CC1(CNC(=O)c2ccc(I)c(Cl)c2)CCC1. The van der Waals surface area contributed by atoms with Crippen LogP contribution in [-0.4, -0.2) is 12.5 Å². The molecule has 0 saturated heterocycles. The van der Waals surface area contributed by atoms with Crippen LogP contribution < -0.4 is 5.32 Å². The quantitative estimate of drug-likeness (QED) is 0.812. The summed E-state index contributed by atoms with van der Waals surface area (Å²) in [5, 5.41) is 3.62. The van der Waals surface area contributed by atoms with Crippen LogP contribution >= 0.6 is 34.2 Å². The van der Waals surface area contributed by atoms with Crippen LogP contribution in [0.3, 0.4) is 0 Å². The van der Waals surface area contributed by atoms with Crippen molar-refractivity contribution in [2.45, 2.75) is 26.2 Å². The first kappa shape index (κ1) is 13.1. The van der Waals surface area contributed by atoms with E-state index < -0.39 is 0 Å². The van der Waals surface area contributed by atoms with Crippen molar-refractivity contribution in [3.63, 3.8) is 0 Å². The van der Waals surface area contributed by atoms with Gasteiger partial charge in [-0.2, -0.15) is 0 Å². The number of benzene rings is 1. The monoisotopic (exact) mass is 363 g/mol. The Balaban J connectivity index is 1.97. The number of halogens is 2. The van der Waals surface area contributed by atoms with Crippen molar-refractivity contribution in [1.82, 2.24) is 5.32 Å². The molecule has 17 heavy (non-hydrogen) atoms. The third kappa shape index (κ3) is 3.13. The molecule has 0 aromatic heterocycles. The average Bonchev–Trinajstić information content (AvgIpc) is 2.27. The largest absolute Gasteiger partial charge is 0.351 e. The van der Waals surface area contributed by atoms with Crippen molar-refractivity contribution >= 4 is 40.1 Å². The van der Waals surface area contributed by atoms with Crippen LogP contribution in [0.1, 0.15) is 36.5 Å². The molecule has 0 unspecified atom stereocenters. The van der Waals surface area contributed by atoms with E-state index in [1.54, 1.807) is 6.07 Å². The lowest BCUT2D eigenvalue weighted by Crippen LogP contribution is -2.39. The molecule has 1 fully saturated rings. The standard InChI is InChI=1S/C13H15ClINO/c1-13(5-2-6-13)8-16-12(17)9-3-4-11(15)10(14)7-9/h3-4,7H,2,5-6,8H2,1H3,(H,16,17). The van der Waals surface area contributed by atoms with Crippen LogP contribution in [0, 0.1) is 8.99 Å². The van der Waals surface area contributed by atoms with E-state index in [1.165, 1.54) is 19.3 Å². The van der Waals surface area contributed by atoms with Crippen molar-refractivity contribution in [1.29, 1.82) is 0 Å². The van der Waals surface area contributed by atoms with Gasteiger partial charge in [0, 0.05) is 15.7 Å². The van der Waals surface area contributed by atoms with Gasteiger partial charge in [-0.05, 0) is 59.0 Å². The molecule has 0 atom stereocenters. The van der Waals surface area contributed by atoms with Gasteiger partial charge in [-0.1, -0.05) is 24.9 Å². The van der Waals surface area contributed by atoms with E-state index in [1.807, 2.05) is 12.1 Å². The van der Waals surface area contributed by atoms with E-state index >= 15 is 0 Å². The minimum absolute atomic E-state index is 0.0311. The first-order valence-electron chi connectivity index (χ1n) is 5.73. The van der Waals surface area contributed by atoms with E-state index in [0.29, 0.717) is 16.0 Å². The van der Waals surface area contributed by atoms with E-state index in [0.717, 1.165) is 10.1 Å². The number of hydrogen-bond donors (Lipinski definition) is 1. The molecule has 4 heteroatoms. The van der Waals surface area contributed by atoms with Gasteiger partial charge < -0.3 is 5.32 Å². The summed E-state index contributed by atoms with van der Waals surface area (Å²) in [6.45, 7) is 2.98. The highest BCUT2D eigenvalue weighted by molar-refractivity contribution is 14.1. The second-order valence-electron chi connectivity index (χ2n) is 4.98. The number of carbonyl (C=O) groups is 1. The summed E-state index contributed by atoms with van der Waals surface area (Å²) in [6.07, 6.45) is 3.70. The lowest BCUT2D eigenvalue weighted by Gasteiger charge is -2.38. The molecule has 1 aliphatic carbocycles. The van der Waals surface area contributed by atoms with E-state index in [2.05, 4.69) is 34.8 Å². The van der Waals surface area contributed by atoms with Gasteiger partial charge in [-0.3, -0.25) is 4.79 Å². The fraction of sp³-hybridized carbons (Fsp3) is 0.462. The van der Waals surface area contributed by atoms with Gasteiger partial charge in [0.25, 0.3) is 5.91 Å². The Hall–Kier alpha value is -0.290. The van der Waals surface area contributed by atoms with Gasteiger partial charge in [0.1, 0.15) is 0 Å². The fourth-order valence-corrected chi connectivity index (χ4v) is 2.51. The molecule has 2 rings (SSSR count). The number of hydrogen-bond acceptors (Lipinski definition) is 1. The van der Waals surface area contributed by atoms with Gasteiger partial charge in [-0.15, -0.1) is 0 Å². The Kier molecular flexibility index (Phi) is 3.98. The van der Waals surface area contributed by atoms with Crippen LogP contribution in [0.4, 0.5) is 0 Å². The number of amides is 1. The summed E-state index contributed by atoms with van der Waals surface area (Å²) >= 11 is 8.15. The van der Waals surface area contributed by atoms with Gasteiger partial charge in [-0.25, -0.2) is 0 Å². The Morgan fingerprint density at radius 3 is 2.76 bits per heavy atom. The zero-order chi connectivity index (χ0) is 12.5. The highest BCUT2D eigenvalue weighted by Crippen LogP contribution is 2.39. The maximum Gasteiger partial charge on any atom is 0.251 e. The molecule has 1 amide bonds. The third-order valence-corrected chi connectivity index (χ3v) is 4.99. The van der Waals surface area contributed by atoms with Gasteiger partial charge in [0.15, 0.2) is 0 Å². The smallest absolute Gasteiger partial charge is 0.251 e. The van der Waals surface area contributed by atoms with E-state index in [4.69, 9.17) is 11.6 Å². The number of rotatable bonds is 3. The second kappa shape index (κ2) is 5.14. The zero-order valence-corrected chi connectivity index (χ0v) is 12.6. The summed E-state index contributed by atoms with van der Waals surface area (Å²) in [5.41, 5.74) is 0.946. The predicted octanol–water partition coefficient (Wildman–Crippen LogP) is 3.86. The van der Waals surface area contributed by atoms with Gasteiger partial charge in [0.2, 0.25) is 0 Å². The maximum atomic E-state index is 11.9. The topological polar surface area (TPSA) is 29.1 Å². The fourth-order valence-electron chi connectivity index (χ4n) is 1.99. The van der Waals surface area contributed by atoms with Crippen LogP contribution in [-0.2, 0) is 0 Å². The maximum absolute atomic E-state index is 11.9. The predicted molar refractivity (Wildman–Crippen MR) is 78.5 cm³/mol. The normalized spacial score (nSPS) is 17.4. The Bertz CT molecular complexity index is 443. The number of nitrogens with one attached hydrogen (secondary N) is 1. The minimum atomic E-state index is -0.0311. The second-order valence-corrected chi connectivity index (χ2v) is 6.55. The Morgan fingerprint density at radius 1 is 1.53 bits per heavy atom. The van der Waals surface area contributed by atoms with Crippen LogP contribution in [0.15, 0.2) is 18.2 Å². The molecule has 1 saturated carbocycles. The molecule has 0 aliphatic heterocycles. The summed E-state index contributed by atoms with van der Waals surface area (Å²) in [7, 11) is 0. The Morgan fingerprint density at radius 2 is 2.24 bits per heavy atom. The molecule has 0 heterocycles. The molecular weight excluding hydrogens is 349 g/mol. The average molecular weight is 364 g/mol. The zero-order valence-electron chi connectivity index (χ0n) is 9.72. The lowest BCUT2D eigenvalue weighted by molar-refractivity contribution is 0.0891. The molecule has 2 nitrogen and oxygen atoms in total. The Labute approximate surface area is 120 Å². The van der Waals surface area contributed by atoms with Gasteiger partial charge in [0.05, 0.1) is 5.02 Å². The first-order chi connectivity index (χ1) is 8.00. The van der Waals surface area contributed by atoms with Crippen LogP contribution in [0.5, 0.6) is 0 Å². The summed E-state index contributed by atoms with van der Waals surface area (Å²) in [4.78, 5) is 11.9. The highest BCUT2D eigenvalue weighted by Gasteiger charge is 2.31. The highest BCUT2D eigenvalue weighted by atomic mass is 127.